The van der Waals surface area contributed by atoms with Crippen LogP contribution < -0.4 is 0 Å². The van der Waals surface area contributed by atoms with E-state index in [9.17, 15) is 10.1 Å². The number of carbonyl (C=O) groups is 1. The monoisotopic (exact) mass is 438 g/mol. The molecule has 3 heterocycles. The molecule has 0 radical (unpaired) electrons. The molecule has 0 spiro atoms. The Kier molecular flexibility index (Phi) is 7.25. The summed E-state index contributed by atoms with van der Waals surface area (Å²) >= 11 is 0. The van der Waals surface area contributed by atoms with Gasteiger partial charge in [0.25, 0.3) is 5.91 Å². The average molecular weight is 439 g/mol. The topological polar surface area (TPSA) is 93.6 Å². The number of nitrogens with one attached hydrogen (secondary N) is 1. The van der Waals surface area contributed by atoms with Gasteiger partial charge in [-0.15, -0.1) is 0 Å². The Balaban J connectivity index is 1.86. The number of hydrogen-bond acceptors (Lipinski definition) is 6. The first kappa shape index (κ1) is 23.8. The van der Waals surface area contributed by atoms with Crippen molar-refractivity contribution in [3.05, 3.63) is 47.1 Å². The summed E-state index contributed by atoms with van der Waals surface area (Å²) in [6, 6.07) is 4.13. The van der Waals surface area contributed by atoms with E-state index in [-0.39, 0.29) is 23.5 Å². The van der Waals surface area contributed by atoms with Gasteiger partial charge < -0.3 is 24.4 Å². The average Bonchev–Trinajstić information content (AvgIpc) is 3.30. The lowest BCUT2D eigenvalue weighted by molar-refractivity contribution is -0.0115. The van der Waals surface area contributed by atoms with Crippen LogP contribution in [0.4, 0.5) is 0 Å². The van der Waals surface area contributed by atoms with Gasteiger partial charge in [0.2, 0.25) is 0 Å². The van der Waals surface area contributed by atoms with Crippen LogP contribution in [0.2, 0.25) is 0 Å². The van der Waals surface area contributed by atoms with Gasteiger partial charge in [-0.3, -0.25) is 4.79 Å². The van der Waals surface area contributed by atoms with Gasteiger partial charge in [-0.1, -0.05) is 20.8 Å². The van der Waals surface area contributed by atoms with E-state index in [2.05, 4.69) is 17.9 Å². The van der Waals surface area contributed by atoms with Crippen molar-refractivity contribution in [3.63, 3.8) is 0 Å². The van der Waals surface area contributed by atoms with Crippen molar-refractivity contribution in [1.82, 2.24) is 9.80 Å². The summed E-state index contributed by atoms with van der Waals surface area (Å²) in [4.78, 5) is 16.9. The standard InChI is InChI=1S/C25H34N4O3/c1-6-20-14-28(8-9-29(20)24(30)18-7-10-31-15-18)13-19(12-26)21-11-25(4,5)32-16-22(21)23(27)17(2)3/h7,10,13,15,17,20,27H,6,8-9,11,14,16H2,1-5H3/b19-13+,27-23?/t20-/m1/s1. The van der Waals surface area contributed by atoms with E-state index in [0.29, 0.717) is 49.5 Å². The zero-order valence-corrected chi connectivity index (χ0v) is 19.8. The Hall–Kier alpha value is -2.85. The van der Waals surface area contributed by atoms with Crippen LogP contribution in [0.25, 0.3) is 0 Å². The molecular formula is C25H34N4O3. The predicted octanol–water partition coefficient (Wildman–Crippen LogP) is 4.39. The minimum absolute atomic E-state index is 0.0173. The summed E-state index contributed by atoms with van der Waals surface area (Å²) in [5.41, 5.74) is 3.04. The van der Waals surface area contributed by atoms with Gasteiger partial charge >= 0.3 is 0 Å². The summed E-state index contributed by atoms with van der Waals surface area (Å²) in [7, 11) is 0. The minimum Gasteiger partial charge on any atom is -0.472 e. The van der Waals surface area contributed by atoms with E-state index in [1.54, 1.807) is 6.07 Å². The van der Waals surface area contributed by atoms with Crippen molar-refractivity contribution in [2.45, 2.75) is 59.1 Å². The molecule has 0 saturated carbocycles. The molecule has 1 aromatic rings. The molecule has 7 nitrogen and oxygen atoms in total. The van der Waals surface area contributed by atoms with Gasteiger partial charge in [0.15, 0.2) is 0 Å². The van der Waals surface area contributed by atoms with E-state index in [1.807, 2.05) is 38.8 Å². The van der Waals surface area contributed by atoms with Gasteiger partial charge in [0.05, 0.1) is 29.6 Å². The lowest BCUT2D eigenvalue weighted by atomic mass is 9.84. The first-order valence-electron chi connectivity index (χ1n) is 11.3. The molecule has 0 aliphatic carbocycles. The first-order chi connectivity index (χ1) is 15.2. The fourth-order valence-electron chi connectivity index (χ4n) is 4.31. The molecule has 7 heteroatoms. The molecular weight excluding hydrogens is 404 g/mol. The van der Waals surface area contributed by atoms with Crippen molar-refractivity contribution in [1.29, 1.82) is 10.7 Å². The molecule has 1 N–H and O–H groups in total. The third-order valence-electron chi connectivity index (χ3n) is 6.25. The number of rotatable bonds is 6. The lowest BCUT2D eigenvalue weighted by Crippen LogP contribution is -2.53. The van der Waals surface area contributed by atoms with Crippen molar-refractivity contribution >= 4 is 11.6 Å². The first-order valence-corrected chi connectivity index (χ1v) is 11.3. The van der Waals surface area contributed by atoms with Gasteiger partial charge in [-0.05, 0) is 37.8 Å². The second-order valence-electron chi connectivity index (χ2n) is 9.47. The normalized spacial score (nSPS) is 21.7. The number of hydrogen-bond donors (Lipinski definition) is 1. The van der Waals surface area contributed by atoms with Gasteiger partial charge in [0.1, 0.15) is 12.3 Å². The van der Waals surface area contributed by atoms with Crippen LogP contribution in [0.15, 0.2) is 45.9 Å². The number of piperazine rings is 1. The Morgan fingerprint density at radius 3 is 2.72 bits per heavy atom. The molecule has 2 aliphatic heterocycles. The highest BCUT2D eigenvalue weighted by Gasteiger charge is 2.33. The summed E-state index contributed by atoms with van der Waals surface area (Å²) < 4.78 is 11.1. The molecule has 1 amide bonds. The SMILES string of the molecule is CC[C@@H]1CN(/C=C(\C#N)C2=C(C(=N)C(C)C)COC(C)(C)C2)CCN1C(=O)c1ccoc1. The summed E-state index contributed by atoms with van der Waals surface area (Å²) in [6.07, 6.45) is 6.34. The fourth-order valence-corrected chi connectivity index (χ4v) is 4.31. The van der Waals surface area contributed by atoms with Crippen molar-refractivity contribution < 1.29 is 13.9 Å². The molecule has 1 atom stereocenters. The maximum atomic E-state index is 12.9. The van der Waals surface area contributed by atoms with E-state index in [1.165, 1.54) is 12.5 Å². The quantitative estimate of drug-likeness (QED) is 0.525. The fraction of sp³-hybridized carbons (Fsp3) is 0.560. The number of carbonyl (C=O) groups excluding carboxylic acids is 1. The zero-order valence-electron chi connectivity index (χ0n) is 19.8. The third kappa shape index (κ3) is 5.13. The highest BCUT2D eigenvalue weighted by atomic mass is 16.5. The van der Waals surface area contributed by atoms with E-state index >= 15 is 0 Å². The molecule has 0 aromatic carbocycles. The number of nitrogens with zero attached hydrogens (tertiary/aromatic N) is 3. The Labute approximate surface area is 190 Å². The molecule has 1 aromatic heterocycles. The highest BCUT2D eigenvalue weighted by Crippen LogP contribution is 2.34. The highest BCUT2D eigenvalue weighted by molar-refractivity contribution is 6.01. The van der Waals surface area contributed by atoms with Crippen molar-refractivity contribution in [3.8, 4) is 6.07 Å². The largest absolute Gasteiger partial charge is 0.472 e. The predicted molar refractivity (Wildman–Crippen MR) is 123 cm³/mol. The second-order valence-corrected chi connectivity index (χ2v) is 9.47. The van der Waals surface area contributed by atoms with Crippen LogP contribution in [0.1, 0.15) is 57.8 Å². The maximum absolute atomic E-state index is 12.9. The molecule has 1 saturated heterocycles. The lowest BCUT2D eigenvalue weighted by Gasteiger charge is -2.41. The van der Waals surface area contributed by atoms with Crippen molar-refractivity contribution in [2.24, 2.45) is 5.92 Å². The molecule has 0 unspecified atom stereocenters. The zero-order chi connectivity index (χ0) is 23.5. The van der Waals surface area contributed by atoms with Gasteiger partial charge in [-0.2, -0.15) is 5.26 Å². The molecule has 3 rings (SSSR count). The number of nitriles is 1. The van der Waals surface area contributed by atoms with Gasteiger partial charge in [0, 0.05) is 49.6 Å². The van der Waals surface area contributed by atoms with Crippen LogP contribution >= 0.6 is 0 Å². The summed E-state index contributed by atoms with van der Waals surface area (Å²) in [5.74, 6) is 0.0444. The van der Waals surface area contributed by atoms with Crippen LogP contribution in [-0.4, -0.2) is 59.3 Å². The minimum atomic E-state index is -0.381. The van der Waals surface area contributed by atoms with Crippen LogP contribution in [0.3, 0.4) is 0 Å². The molecule has 172 valence electrons. The number of allylic oxidation sites excluding steroid dienone is 1. The van der Waals surface area contributed by atoms with Crippen LogP contribution in [-0.2, 0) is 4.74 Å². The molecule has 0 bridgehead atoms. The van der Waals surface area contributed by atoms with E-state index in [4.69, 9.17) is 14.6 Å². The van der Waals surface area contributed by atoms with Crippen molar-refractivity contribution in [2.75, 3.05) is 26.2 Å². The summed E-state index contributed by atoms with van der Waals surface area (Å²) in [6.45, 7) is 12.3. The van der Waals surface area contributed by atoms with Crippen LogP contribution in [0.5, 0.6) is 0 Å². The number of furan rings is 1. The number of ether oxygens (including phenoxy) is 1. The Morgan fingerprint density at radius 1 is 1.38 bits per heavy atom. The third-order valence-corrected chi connectivity index (χ3v) is 6.25. The van der Waals surface area contributed by atoms with E-state index in [0.717, 1.165) is 17.6 Å². The number of amides is 1. The Morgan fingerprint density at radius 2 is 2.12 bits per heavy atom. The summed E-state index contributed by atoms with van der Waals surface area (Å²) in [5, 5.41) is 18.6. The maximum Gasteiger partial charge on any atom is 0.257 e. The van der Waals surface area contributed by atoms with E-state index < -0.39 is 0 Å². The molecule has 2 aliphatic rings. The second kappa shape index (κ2) is 9.74. The Bertz CT molecular complexity index is 950. The molecule has 32 heavy (non-hydrogen) atoms. The molecule has 1 fully saturated rings. The van der Waals surface area contributed by atoms with Gasteiger partial charge in [-0.25, -0.2) is 0 Å². The van der Waals surface area contributed by atoms with Crippen LogP contribution in [0, 0.1) is 22.7 Å². The smallest absolute Gasteiger partial charge is 0.257 e.